The fourth-order valence-corrected chi connectivity index (χ4v) is 2.94. The highest BCUT2D eigenvalue weighted by atomic mass is 79.9. The van der Waals surface area contributed by atoms with Gasteiger partial charge in [0, 0.05) is 29.0 Å². The second-order valence-electron chi connectivity index (χ2n) is 5.53. The third kappa shape index (κ3) is 3.79. The van der Waals surface area contributed by atoms with E-state index in [9.17, 15) is 4.79 Å². The number of nitrogens with zero attached hydrogens (tertiary/aromatic N) is 3. The van der Waals surface area contributed by atoms with Crippen LogP contribution in [0.4, 0.5) is 0 Å². The van der Waals surface area contributed by atoms with Crippen LogP contribution < -0.4 is 5.56 Å². The molecule has 0 amide bonds. The van der Waals surface area contributed by atoms with Crippen LogP contribution in [0.1, 0.15) is 16.8 Å². The third-order valence-corrected chi connectivity index (χ3v) is 4.42. The minimum Gasteiger partial charge on any atom is -0.314 e. The second kappa shape index (κ2) is 6.96. The minimum atomic E-state index is 0.0162. The zero-order valence-corrected chi connectivity index (χ0v) is 14.5. The molecular weight excluding hydrogens is 354 g/mol. The average Bonchev–Trinajstić information content (AvgIpc) is 2.90. The van der Waals surface area contributed by atoms with Gasteiger partial charge in [-0.1, -0.05) is 30.3 Å². The van der Waals surface area contributed by atoms with Gasteiger partial charge in [-0.3, -0.25) is 9.48 Å². The van der Waals surface area contributed by atoms with Gasteiger partial charge in [0.05, 0.1) is 12.7 Å². The van der Waals surface area contributed by atoms with Crippen LogP contribution >= 0.6 is 15.9 Å². The molecule has 118 valence electrons. The van der Waals surface area contributed by atoms with Crippen molar-refractivity contribution in [2.45, 2.75) is 26.4 Å². The first-order valence-electron chi connectivity index (χ1n) is 7.54. The zero-order valence-electron chi connectivity index (χ0n) is 12.9. The van der Waals surface area contributed by atoms with E-state index in [1.807, 2.05) is 35.3 Å². The van der Waals surface area contributed by atoms with Crippen molar-refractivity contribution in [2.24, 2.45) is 0 Å². The summed E-state index contributed by atoms with van der Waals surface area (Å²) in [5, 5.41) is 4.48. The molecule has 0 radical (unpaired) electrons. The molecule has 4 nitrogen and oxygen atoms in total. The molecule has 0 fully saturated rings. The lowest BCUT2D eigenvalue weighted by atomic mass is 10.2. The predicted octanol–water partition coefficient (Wildman–Crippen LogP) is 3.41. The van der Waals surface area contributed by atoms with E-state index in [1.54, 1.807) is 16.7 Å². The standard InChI is InChI=1S/C18H18BrN3O/c1-14-16(9-10-21-13-17(19)7-8-18(21)23)11-20-22(14)12-15-5-3-2-4-6-15/h2-8,11,13H,9-10,12H2,1H3. The third-order valence-electron chi connectivity index (χ3n) is 3.95. The van der Waals surface area contributed by atoms with Crippen LogP contribution in [-0.2, 0) is 19.5 Å². The van der Waals surface area contributed by atoms with Gasteiger partial charge in [-0.2, -0.15) is 5.10 Å². The average molecular weight is 372 g/mol. The quantitative estimate of drug-likeness (QED) is 0.689. The van der Waals surface area contributed by atoms with Crippen molar-refractivity contribution in [1.29, 1.82) is 0 Å². The van der Waals surface area contributed by atoms with E-state index in [-0.39, 0.29) is 5.56 Å². The van der Waals surface area contributed by atoms with Gasteiger partial charge >= 0.3 is 0 Å². The Morgan fingerprint density at radius 1 is 1.13 bits per heavy atom. The molecule has 2 aromatic heterocycles. The molecule has 0 atom stereocenters. The molecule has 0 bridgehead atoms. The fourth-order valence-electron chi connectivity index (χ4n) is 2.56. The van der Waals surface area contributed by atoms with E-state index in [0.717, 1.165) is 23.1 Å². The Morgan fingerprint density at radius 3 is 2.70 bits per heavy atom. The molecule has 2 heterocycles. The molecule has 0 aliphatic heterocycles. The van der Waals surface area contributed by atoms with Crippen LogP contribution in [-0.4, -0.2) is 14.3 Å². The molecule has 5 heteroatoms. The van der Waals surface area contributed by atoms with E-state index in [0.29, 0.717) is 6.54 Å². The maximum absolute atomic E-state index is 11.8. The topological polar surface area (TPSA) is 39.8 Å². The summed E-state index contributed by atoms with van der Waals surface area (Å²) in [4.78, 5) is 11.8. The number of halogens is 1. The van der Waals surface area contributed by atoms with E-state index >= 15 is 0 Å². The molecule has 23 heavy (non-hydrogen) atoms. The molecule has 0 N–H and O–H groups in total. The van der Waals surface area contributed by atoms with Crippen molar-refractivity contribution in [3.63, 3.8) is 0 Å². The minimum absolute atomic E-state index is 0.0162. The predicted molar refractivity (Wildman–Crippen MR) is 94.6 cm³/mol. The van der Waals surface area contributed by atoms with Crippen LogP contribution in [0.25, 0.3) is 0 Å². The molecule has 3 aromatic rings. The molecule has 3 rings (SSSR count). The van der Waals surface area contributed by atoms with Crippen molar-refractivity contribution < 1.29 is 0 Å². The van der Waals surface area contributed by atoms with Crippen LogP contribution in [0.2, 0.25) is 0 Å². The highest BCUT2D eigenvalue weighted by Gasteiger charge is 2.07. The molecule has 0 spiro atoms. The Morgan fingerprint density at radius 2 is 1.91 bits per heavy atom. The molecule has 0 saturated heterocycles. The molecule has 0 saturated carbocycles. The summed E-state index contributed by atoms with van der Waals surface area (Å²) in [5.41, 5.74) is 3.57. The molecule has 0 unspecified atom stereocenters. The highest BCUT2D eigenvalue weighted by molar-refractivity contribution is 9.10. The smallest absolute Gasteiger partial charge is 0.250 e. The van der Waals surface area contributed by atoms with Gasteiger partial charge in [-0.25, -0.2) is 0 Å². The van der Waals surface area contributed by atoms with E-state index in [4.69, 9.17) is 0 Å². The normalized spacial score (nSPS) is 10.9. The lowest BCUT2D eigenvalue weighted by Crippen LogP contribution is -2.19. The van der Waals surface area contributed by atoms with Crippen molar-refractivity contribution in [1.82, 2.24) is 14.3 Å². The maximum Gasteiger partial charge on any atom is 0.250 e. The SMILES string of the molecule is Cc1c(CCn2cc(Br)ccc2=O)cnn1Cc1ccccc1. The van der Waals surface area contributed by atoms with E-state index in [1.165, 1.54) is 11.1 Å². The Labute approximate surface area is 143 Å². The summed E-state index contributed by atoms with van der Waals surface area (Å²) in [5.74, 6) is 0. The van der Waals surface area contributed by atoms with Gasteiger partial charge in [-0.05, 0) is 46.5 Å². The van der Waals surface area contributed by atoms with Crippen LogP contribution in [0.15, 0.2) is 64.1 Å². The summed E-state index contributed by atoms with van der Waals surface area (Å²) >= 11 is 3.40. The lowest BCUT2D eigenvalue weighted by molar-refractivity contribution is 0.650. The van der Waals surface area contributed by atoms with Gasteiger partial charge in [0.2, 0.25) is 0 Å². The number of aryl methyl sites for hydroxylation is 2. The Bertz CT molecular complexity index is 852. The lowest BCUT2D eigenvalue weighted by Gasteiger charge is -2.07. The van der Waals surface area contributed by atoms with Crippen LogP contribution in [0, 0.1) is 6.92 Å². The summed E-state index contributed by atoms with van der Waals surface area (Å²) in [6, 6.07) is 13.6. The fraction of sp³-hybridized carbons (Fsp3) is 0.222. The van der Waals surface area contributed by atoms with Gasteiger partial charge in [0.1, 0.15) is 0 Å². The number of hydrogen-bond donors (Lipinski definition) is 0. The largest absolute Gasteiger partial charge is 0.314 e. The number of hydrogen-bond acceptors (Lipinski definition) is 2. The molecular formula is C18H18BrN3O. The summed E-state index contributed by atoms with van der Waals surface area (Å²) in [6.45, 7) is 3.49. The van der Waals surface area contributed by atoms with Gasteiger partial charge < -0.3 is 4.57 Å². The summed E-state index contributed by atoms with van der Waals surface area (Å²) in [6.07, 6.45) is 4.52. The van der Waals surface area contributed by atoms with Gasteiger partial charge in [0.25, 0.3) is 5.56 Å². The number of aromatic nitrogens is 3. The van der Waals surface area contributed by atoms with Gasteiger partial charge in [0.15, 0.2) is 0 Å². The summed E-state index contributed by atoms with van der Waals surface area (Å²) in [7, 11) is 0. The van der Waals surface area contributed by atoms with Crippen molar-refractivity contribution in [2.75, 3.05) is 0 Å². The van der Waals surface area contributed by atoms with E-state index in [2.05, 4.69) is 40.1 Å². The summed E-state index contributed by atoms with van der Waals surface area (Å²) < 4.78 is 4.64. The first-order valence-corrected chi connectivity index (χ1v) is 8.34. The first kappa shape index (κ1) is 15.7. The highest BCUT2D eigenvalue weighted by Crippen LogP contribution is 2.12. The first-order chi connectivity index (χ1) is 11.1. The Kier molecular flexibility index (Phi) is 4.76. The molecule has 0 aliphatic rings. The van der Waals surface area contributed by atoms with Crippen LogP contribution in [0.3, 0.4) is 0 Å². The molecule has 1 aromatic carbocycles. The Hall–Kier alpha value is -2.14. The number of pyridine rings is 1. The van der Waals surface area contributed by atoms with Gasteiger partial charge in [-0.15, -0.1) is 0 Å². The second-order valence-corrected chi connectivity index (χ2v) is 6.44. The Balaban J connectivity index is 1.72. The number of benzene rings is 1. The van der Waals surface area contributed by atoms with Crippen molar-refractivity contribution >= 4 is 15.9 Å². The number of rotatable bonds is 5. The zero-order chi connectivity index (χ0) is 16.2. The molecule has 0 aliphatic carbocycles. The monoisotopic (exact) mass is 371 g/mol. The van der Waals surface area contributed by atoms with E-state index < -0.39 is 0 Å². The van der Waals surface area contributed by atoms with Crippen molar-refractivity contribution in [3.05, 3.63) is 86.5 Å². The maximum atomic E-state index is 11.8. The van der Waals surface area contributed by atoms with Crippen LogP contribution in [0.5, 0.6) is 0 Å². The van der Waals surface area contributed by atoms with Crippen molar-refractivity contribution in [3.8, 4) is 0 Å².